The van der Waals surface area contributed by atoms with E-state index in [0.717, 1.165) is 11.1 Å². The molecule has 4 rings (SSSR count). The number of benzene rings is 3. The monoisotopic (exact) mass is 482 g/mol. The first-order chi connectivity index (χ1) is 15.8. The zero-order chi connectivity index (χ0) is 23.6. The molecule has 1 heterocycles. The summed E-state index contributed by atoms with van der Waals surface area (Å²) in [7, 11) is -4.11. The van der Waals surface area contributed by atoms with Gasteiger partial charge in [-0.3, -0.25) is 14.2 Å². The first-order valence-corrected chi connectivity index (χ1v) is 11.8. The number of sulfonamides is 1. The van der Waals surface area contributed by atoms with Crippen molar-refractivity contribution in [2.24, 2.45) is 0 Å². The first-order valence-electron chi connectivity index (χ1n) is 9.93. The van der Waals surface area contributed by atoms with Crippen LogP contribution in [0.1, 0.15) is 5.56 Å². The Balaban J connectivity index is 1.58. The fraction of sp³-hybridized carbons (Fsp3) is 0.0833. The van der Waals surface area contributed by atoms with E-state index in [2.05, 4.69) is 4.72 Å². The lowest BCUT2D eigenvalue weighted by atomic mass is 10.1. The molecular weight excluding hydrogens is 464 g/mol. The summed E-state index contributed by atoms with van der Waals surface area (Å²) in [6.45, 7) is 0. The van der Waals surface area contributed by atoms with Crippen molar-refractivity contribution in [2.75, 3.05) is 0 Å². The van der Waals surface area contributed by atoms with Crippen molar-refractivity contribution in [3.05, 3.63) is 89.6 Å². The number of fused-ring (bicyclic) bond motifs is 1. The van der Waals surface area contributed by atoms with Gasteiger partial charge in [0.2, 0.25) is 16.4 Å². The molecule has 3 aromatic carbocycles. The van der Waals surface area contributed by atoms with Gasteiger partial charge in [0, 0.05) is 23.0 Å². The van der Waals surface area contributed by atoms with Gasteiger partial charge in [-0.1, -0.05) is 54.1 Å². The molecule has 0 saturated heterocycles. The van der Waals surface area contributed by atoms with E-state index in [1.54, 1.807) is 48.5 Å². The molecule has 7 nitrogen and oxygen atoms in total. The van der Waals surface area contributed by atoms with Crippen molar-refractivity contribution >= 4 is 44.9 Å². The highest BCUT2D eigenvalue weighted by Gasteiger charge is 2.27. The van der Waals surface area contributed by atoms with Crippen molar-refractivity contribution in [1.82, 2.24) is 9.29 Å². The van der Waals surface area contributed by atoms with E-state index in [-0.39, 0.29) is 11.3 Å². The smallest absolute Gasteiger partial charge is 0.322 e. The number of halogens is 1. The Kier molecular flexibility index (Phi) is 6.33. The molecule has 0 aliphatic carbocycles. The Morgan fingerprint density at radius 3 is 2.21 bits per heavy atom. The molecule has 2 N–H and O–H groups in total. The summed E-state index contributed by atoms with van der Waals surface area (Å²) in [6.07, 6.45) is 2.01. The van der Waals surface area contributed by atoms with Crippen LogP contribution in [0.3, 0.4) is 0 Å². The number of nitrogens with zero attached hydrogens (tertiary/aromatic N) is 1. The number of nitrogens with one attached hydrogen (secondary N) is 1. The van der Waals surface area contributed by atoms with Crippen LogP contribution in [0.5, 0.6) is 0 Å². The average Bonchev–Trinajstić information content (AvgIpc) is 3.17. The Hall–Kier alpha value is -3.46. The Bertz CT molecular complexity index is 1430. The molecule has 1 aromatic heterocycles. The minimum atomic E-state index is -4.11. The van der Waals surface area contributed by atoms with Gasteiger partial charge in [0.05, 0.1) is 10.4 Å². The lowest BCUT2D eigenvalue weighted by molar-refractivity contribution is -0.138. The number of carbonyl (C=O) groups is 2. The van der Waals surface area contributed by atoms with Crippen LogP contribution < -0.4 is 4.72 Å². The SMILES string of the molecule is O=Cn1cc(C[C@@H](NS(=O)(=O)c2ccc(-c3ccc(Cl)cc3)cc2)C(=O)O)c2ccccc21. The van der Waals surface area contributed by atoms with E-state index in [9.17, 15) is 23.1 Å². The van der Waals surface area contributed by atoms with Crippen LogP contribution in [0.15, 0.2) is 83.9 Å². The Morgan fingerprint density at radius 1 is 1.00 bits per heavy atom. The second-order valence-corrected chi connectivity index (χ2v) is 9.58. The molecular formula is C24H19ClN2O5S. The summed E-state index contributed by atoms with van der Waals surface area (Å²) >= 11 is 5.90. The number of aliphatic carboxylic acids is 1. The van der Waals surface area contributed by atoms with E-state index < -0.39 is 22.0 Å². The number of carbonyl (C=O) groups excluding carboxylic acids is 1. The van der Waals surface area contributed by atoms with E-state index in [4.69, 9.17) is 11.6 Å². The minimum absolute atomic E-state index is 0.0539. The molecule has 0 fully saturated rings. The maximum Gasteiger partial charge on any atom is 0.322 e. The summed E-state index contributed by atoms with van der Waals surface area (Å²) in [5.74, 6) is -1.32. The highest BCUT2D eigenvalue weighted by Crippen LogP contribution is 2.24. The van der Waals surface area contributed by atoms with Crippen LogP contribution in [0.25, 0.3) is 22.0 Å². The number of carboxylic acid groups (broad SMARTS) is 1. The van der Waals surface area contributed by atoms with Crippen LogP contribution in [0, 0.1) is 0 Å². The molecule has 0 amide bonds. The third-order valence-corrected chi connectivity index (χ3v) is 7.04. The van der Waals surface area contributed by atoms with Gasteiger partial charge < -0.3 is 5.11 Å². The molecule has 33 heavy (non-hydrogen) atoms. The molecule has 0 saturated carbocycles. The third kappa shape index (κ3) is 4.83. The standard InChI is InChI=1S/C24H19ClN2O5S/c25-19-9-5-16(6-10-19)17-7-11-20(12-8-17)33(31,32)26-22(24(29)30)13-18-14-27(15-28)23-4-2-1-3-21(18)23/h1-12,14-15,22,26H,13H2,(H,29,30)/t22-/m1/s1. The summed E-state index contributed by atoms with van der Waals surface area (Å²) < 4.78 is 29.4. The van der Waals surface area contributed by atoms with Crippen molar-refractivity contribution in [3.63, 3.8) is 0 Å². The van der Waals surface area contributed by atoms with Crippen LogP contribution >= 0.6 is 11.6 Å². The molecule has 0 radical (unpaired) electrons. The fourth-order valence-electron chi connectivity index (χ4n) is 3.65. The van der Waals surface area contributed by atoms with Crippen molar-refractivity contribution < 1.29 is 23.1 Å². The average molecular weight is 483 g/mol. The number of rotatable bonds is 8. The number of hydrogen-bond donors (Lipinski definition) is 2. The fourth-order valence-corrected chi connectivity index (χ4v) is 4.97. The van der Waals surface area contributed by atoms with Crippen LogP contribution in [-0.2, 0) is 26.0 Å². The Morgan fingerprint density at radius 2 is 1.61 bits per heavy atom. The van der Waals surface area contributed by atoms with E-state index in [1.807, 2.05) is 12.1 Å². The highest BCUT2D eigenvalue weighted by molar-refractivity contribution is 7.89. The van der Waals surface area contributed by atoms with Gasteiger partial charge in [0.1, 0.15) is 6.04 Å². The third-order valence-electron chi connectivity index (χ3n) is 5.30. The van der Waals surface area contributed by atoms with E-state index in [1.165, 1.54) is 22.9 Å². The van der Waals surface area contributed by atoms with Gasteiger partial charge in [-0.15, -0.1) is 0 Å². The summed E-state index contributed by atoms with van der Waals surface area (Å²) in [6, 6.07) is 18.8. The zero-order valence-electron chi connectivity index (χ0n) is 17.2. The van der Waals surface area contributed by atoms with Gasteiger partial charge in [0.15, 0.2) is 0 Å². The van der Waals surface area contributed by atoms with Gasteiger partial charge in [-0.2, -0.15) is 4.72 Å². The number of aromatic nitrogens is 1. The number of hydrogen-bond acceptors (Lipinski definition) is 4. The quantitative estimate of drug-likeness (QED) is 0.370. The van der Waals surface area contributed by atoms with Crippen LogP contribution in [0.2, 0.25) is 5.02 Å². The lowest BCUT2D eigenvalue weighted by Crippen LogP contribution is -2.42. The predicted octanol–water partition coefficient (Wildman–Crippen LogP) is 3.97. The van der Waals surface area contributed by atoms with Gasteiger partial charge >= 0.3 is 5.97 Å². The molecule has 0 bridgehead atoms. The molecule has 1 atom stereocenters. The second kappa shape index (κ2) is 9.19. The largest absolute Gasteiger partial charge is 0.480 e. The molecule has 0 aliphatic heterocycles. The van der Waals surface area contributed by atoms with Crippen molar-refractivity contribution in [2.45, 2.75) is 17.4 Å². The van der Waals surface area contributed by atoms with E-state index >= 15 is 0 Å². The number of para-hydroxylation sites is 1. The van der Waals surface area contributed by atoms with Crippen molar-refractivity contribution in [1.29, 1.82) is 0 Å². The maximum atomic E-state index is 12.9. The normalized spacial score (nSPS) is 12.5. The zero-order valence-corrected chi connectivity index (χ0v) is 18.8. The molecule has 4 aromatic rings. The summed E-state index contributed by atoms with van der Waals surface area (Å²) in [5, 5.41) is 11.0. The summed E-state index contributed by atoms with van der Waals surface area (Å²) in [5.41, 5.74) is 2.83. The highest BCUT2D eigenvalue weighted by atomic mass is 35.5. The van der Waals surface area contributed by atoms with Crippen molar-refractivity contribution in [3.8, 4) is 11.1 Å². The van der Waals surface area contributed by atoms with Crippen LogP contribution in [0.4, 0.5) is 0 Å². The predicted molar refractivity (Wildman–Crippen MR) is 126 cm³/mol. The molecule has 9 heteroatoms. The Labute approximate surface area is 195 Å². The second-order valence-electron chi connectivity index (χ2n) is 7.43. The molecule has 0 aliphatic rings. The molecule has 0 unspecified atom stereocenters. The first kappa shape index (κ1) is 22.7. The lowest BCUT2D eigenvalue weighted by Gasteiger charge is -2.15. The van der Waals surface area contributed by atoms with Crippen LogP contribution in [-0.4, -0.2) is 36.5 Å². The van der Waals surface area contributed by atoms with Gasteiger partial charge in [-0.25, -0.2) is 8.42 Å². The topological polar surface area (TPSA) is 105 Å². The number of carboxylic acids is 1. The maximum absolute atomic E-state index is 12.9. The van der Waals surface area contributed by atoms with Gasteiger partial charge in [-0.05, 0) is 47.0 Å². The minimum Gasteiger partial charge on any atom is -0.480 e. The van der Waals surface area contributed by atoms with Gasteiger partial charge in [0.25, 0.3) is 0 Å². The van der Waals surface area contributed by atoms with E-state index in [0.29, 0.717) is 27.9 Å². The molecule has 168 valence electrons. The summed E-state index contributed by atoms with van der Waals surface area (Å²) in [4.78, 5) is 23.2. The molecule has 0 spiro atoms.